The molecule has 1 amide bonds. The molecule has 0 spiro atoms. The molecule has 1 aliphatic carbocycles. The maximum atomic E-state index is 12.1. The van der Waals surface area contributed by atoms with E-state index in [0.29, 0.717) is 12.3 Å². The van der Waals surface area contributed by atoms with Crippen LogP contribution < -0.4 is 0 Å². The summed E-state index contributed by atoms with van der Waals surface area (Å²) >= 11 is 0. The number of hydrogen-bond donors (Lipinski definition) is 0. The third-order valence-electron chi connectivity index (χ3n) is 5.06. The van der Waals surface area contributed by atoms with Gasteiger partial charge in [0.15, 0.2) is 0 Å². The SMILES string of the molecule is CC(C)(C)OC(=O)N1CCC(CC#N)(C2CCCC2)CC1. The van der Waals surface area contributed by atoms with Gasteiger partial charge in [-0.15, -0.1) is 0 Å². The van der Waals surface area contributed by atoms with Crippen molar-refractivity contribution in [2.45, 2.75) is 71.3 Å². The summed E-state index contributed by atoms with van der Waals surface area (Å²) in [5.74, 6) is 0.679. The van der Waals surface area contributed by atoms with E-state index in [1.54, 1.807) is 0 Å². The van der Waals surface area contributed by atoms with Crippen molar-refractivity contribution >= 4 is 6.09 Å². The van der Waals surface area contributed by atoms with Crippen LogP contribution >= 0.6 is 0 Å². The van der Waals surface area contributed by atoms with Crippen LogP contribution in [0.5, 0.6) is 0 Å². The van der Waals surface area contributed by atoms with Crippen LogP contribution in [0.25, 0.3) is 0 Å². The number of piperidine rings is 1. The van der Waals surface area contributed by atoms with E-state index in [2.05, 4.69) is 6.07 Å². The molecular weight excluding hydrogens is 264 g/mol. The number of amides is 1. The standard InChI is InChI=1S/C17H28N2O2/c1-16(2,3)21-15(20)19-12-9-17(8-11-18,10-13-19)14-6-4-5-7-14/h14H,4-10,12-13H2,1-3H3. The van der Waals surface area contributed by atoms with Crippen LogP contribution in [0.2, 0.25) is 0 Å². The van der Waals surface area contributed by atoms with E-state index in [0.717, 1.165) is 25.9 Å². The molecule has 2 aliphatic rings. The largest absolute Gasteiger partial charge is 0.444 e. The fraction of sp³-hybridized carbons (Fsp3) is 0.882. The van der Waals surface area contributed by atoms with Gasteiger partial charge in [-0.25, -0.2) is 4.79 Å². The molecule has 0 radical (unpaired) electrons. The number of carbonyl (C=O) groups is 1. The highest BCUT2D eigenvalue weighted by atomic mass is 16.6. The lowest BCUT2D eigenvalue weighted by Crippen LogP contribution is -2.47. The molecule has 0 bridgehead atoms. The first-order valence-electron chi connectivity index (χ1n) is 8.21. The normalized spacial score (nSPS) is 22.9. The van der Waals surface area contributed by atoms with Crippen LogP contribution in [0.15, 0.2) is 0 Å². The molecule has 0 atom stereocenters. The predicted octanol–water partition coefficient (Wildman–Crippen LogP) is 4.11. The molecule has 0 N–H and O–H groups in total. The summed E-state index contributed by atoms with van der Waals surface area (Å²) in [6.07, 6.45) is 7.44. The Bertz CT molecular complexity index is 405. The van der Waals surface area contributed by atoms with E-state index in [1.807, 2.05) is 25.7 Å². The summed E-state index contributed by atoms with van der Waals surface area (Å²) in [4.78, 5) is 14.0. The highest BCUT2D eigenvalue weighted by Gasteiger charge is 2.43. The lowest BCUT2D eigenvalue weighted by atomic mass is 9.66. The zero-order valence-corrected chi connectivity index (χ0v) is 13.7. The molecule has 2 rings (SSSR count). The van der Waals surface area contributed by atoms with E-state index in [-0.39, 0.29) is 11.5 Å². The van der Waals surface area contributed by atoms with Crippen molar-refractivity contribution in [2.24, 2.45) is 11.3 Å². The summed E-state index contributed by atoms with van der Waals surface area (Å²) in [6, 6.07) is 2.40. The molecule has 0 aromatic heterocycles. The first kappa shape index (κ1) is 16.1. The van der Waals surface area contributed by atoms with Crippen molar-refractivity contribution in [1.82, 2.24) is 4.90 Å². The Hall–Kier alpha value is -1.24. The average molecular weight is 292 g/mol. The van der Waals surface area contributed by atoms with E-state index in [4.69, 9.17) is 4.74 Å². The van der Waals surface area contributed by atoms with Crippen LogP contribution in [0.4, 0.5) is 4.79 Å². The average Bonchev–Trinajstić information content (AvgIpc) is 2.92. The third kappa shape index (κ3) is 3.90. The smallest absolute Gasteiger partial charge is 0.410 e. The van der Waals surface area contributed by atoms with Crippen LogP contribution in [0.3, 0.4) is 0 Å². The second kappa shape index (κ2) is 6.25. The Labute approximate surface area is 128 Å². The maximum absolute atomic E-state index is 12.1. The van der Waals surface area contributed by atoms with Gasteiger partial charge < -0.3 is 9.64 Å². The first-order valence-corrected chi connectivity index (χ1v) is 8.21. The number of carbonyl (C=O) groups excluding carboxylic acids is 1. The second-order valence-corrected chi connectivity index (χ2v) is 7.65. The topological polar surface area (TPSA) is 53.3 Å². The molecule has 4 nitrogen and oxygen atoms in total. The molecule has 1 aliphatic heterocycles. The van der Waals surface area contributed by atoms with E-state index in [9.17, 15) is 10.1 Å². The molecule has 0 unspecified atom stereocenters. The monoisotopic (exact) mass is 292 g/mol. The molecule has 21 heavy (non-hydrogen) atoms. The summed E-state index contributed by atoms with van der Waals surface area (Å²) < 4.78 is 5.45. The predicted molar refractivity (Wildman–Crippen MR) is 81.7 cm³/mol. The van der Waals surface area contributed by atoms with Gasteiger partial charge in [0, 0.05) is 19.5 Å². The first-order chi connectivity index (χ1) is 9.86. The van der Waals surface area contributed by atoms with E-state index in [1.165, 1.54) is 25.7 Å². The van der Waals surface area contributed by atoms with Gasteiger partial charge in [0.05, 0.1) is 6.07 Å². The minimum Gasteiger partial charge on any atom is -0.444 e. The summed E-state index contributed by atoms with van der Waals surface area (Å²) in [7, 11) is 0. The van der Waals surface area contributed by atoms with E-state index >= 15 is 0 Å². The Morgan fingerprint density at radius 3 is 2.33 bits per heavy atom. The van der Waals surface area contributed by atoms with Gasteiger partial charge >= 0.3 is 6.09 Å². The Morgan fingerprint density at radius 1 is 1.29 bits per heavy atom. The van der Waals surface area contributed by atoms with Gasteiger partial charge in [-0.1, -0.05) is 12.8 Å². The van der Waals surface area contributed by atoms with Crippen LogP contribution in [0.1, 0.15) is 65.7 Å². The summed E-state index contributed by atoms with van der Waals surface area (Å²) in [5.41, 5.74) is -0.298. The number of rotatable bonds is 2. The fourth-order valence-electron chi connectivity index (χ4n) is 3.89. The van der Waals surface area contributed by atoms with E-state index < -0.39 is 5.60 Å². The van der Waals surface area contributed by atoms with Crippen LogP contribution in [0, 0.1) is 22.7 Å². The minimum atomic E-state index is -0.441. The van der Waals surface area contributed by atoms with Crippen molar-refractivity contribution in [1.29, 1.82) is 5.26 Å². The number of nitriles is 1. The molecular formula is C17H28N2O2. The fourth-order valence-corrected chi connectivity index (χ4v) is 3.89. The minimum absolute atomic E-state index is 0.143. The number of likely N-dealkylation sites (tertiary alicyclic amines) is 1. The van der Waals surface area contributed by atoms with Gasteiger partial charge in [-0.05, 0) is 57.8 Å². The molecule has 0 aromatic rings. The van der Waals surface area contributed by atoms with Gasteiger partial charge in [0.25, 0.3) is 0 Å². The van der Waals surface area contributed by atoms with Crippen molar-refractivity contribution in [2.75, 3.05) is 13.1 Å². The highest BCUT2D eigenvalue weighted by Crippen LogP contribution is 2.49. The van der Waals surface area contributed by atoms with Gasteiger partial charge in [0.1, 0.15) is 5.60 Å². The van der Waals surface area contributed by atoms with Crippen LogP contribution in [-0.2, 0) is 4.74 Å². The molecule has 0 aromatic carbocycles. The van der Waals surface area contributed by atoms with Crippen molar-refractivity contribution in [3.8, 4) is 6.07 Å². The molecule has 2 fully saturated rings. The van der Waals surface area contributed by atoms with Gasteiger partial charge in [-0.3, -0.25) is 0 Å². The number of ether oxygens (including phenoxy) is 1. The highest BCUT2D eigenvalue weighted by molar-refractivity contribution is 5.68. The zero-order chi connectivity index (χ0) is 15.5. The molecule has 1 saturated heterocycles. The molecule has 1 heterocycles. The Balaban J connectivity index is 1.96. The lowest BCUT2D eigenvalue weighted by molar-refractivity contribution is 0.000813. The van der Waals surface area contributed by atoms with Gasteiger partial charge in [-0.2, -0.15) is 5.26 Å². The summed E-state index contributed by atoms with van der Waals surface area (Å²) in [6.45, 7) is 7.15. The molecule has 4 heteroatoms. The van der Waals surface area contributed by atoms with Crippen LogP contribution in [-0.4, -0.2) is 29.7 Å². The second-order valence-electron chi connectivity index (χ2n) is 7.65. The van der Waals surface area contributed by atoms with Crippen molar-refractivity contribution < 1.29 is 9.53 Å². The van der Waals surface area contributed by atoms with Crippen molar-refractivity contribution in [3.05, 3.63) is 0 Å². The number of hydrogen-bond acceptors (Lipinski definition) is 3. The van der Waals surface area contributed by atoms with Gasteiger partial charge in [0.2, 0.25) is 0 Å². The Kier molecular flexibility index (Phi) is 4.81. The lowest BCUT2D eigenvalue weighted by Gasteiger charge is -2.44. The summed E-state index contributed by atoms with van der Waals surface area (Å²) in [5, 5.41) is 9.22. The molecule has 1 saturated carbocycles. The maximum Gasteiger partial charge on any atom is 0.410 e. The quantitative estimate of drug-likeness (QED) is 0.769. The third-order valence-corrected chi connectivity index (χ3v) is 5.06. The Morgan fingerprint density at radius 2 is 1.86 bits per heavy atom. The number of nitrogens with zero attached hydrogens (tertiary/aromatic N) is 2. The van der Waals surface area contributed by atoms with Crippen molar-refractivity contribution in [3.63, 3.8) is 0 Å². The zero-order valence-electron chi connectivity index (χ0n) is 13.7. The molecule has 118 valence electrons.